The van der Waals surface area contributed by atoms with Gasteiger partial charge in [0.1, 0.15) is 6.61 Å². The Bertz CT molecular complexity index is 399. The Hall–Kier alpha value is -1.69. The molecule has 0 bridgehead atoms. The van der Waals surface area contributed by atoms with E-state index in [9.17, 15) is 13.6 Å². The molecule has 0 radical (unpaired) electrons. The Balaban J connectivity index is 2.64. The topological polar surface area (TPSA) is 50.4 Å². The second kappa shape index (κ2) is 6.90. The monoisotopic (exact) mass is 258 g/mol. The molecule has 100 valence electrons. The zero-order valence-corrected chi connectivity index (χ0v) is 10.2. The van der Waals surface area contributed by atoms with Crippen LogP contribution in [-0.2, 0) is 9.53 Å². The van der Waals surface area contributed by atoms with Crippen molar-refractivity contribution in [3.8, 4) is 0 Å². The molecule has 0 spiro atoms. The van der Waals surface area contributed by atoms with Crippen LogP contribution in [-0.4, -0.2) is 32.1 Å². The van der Waals surface area contributed by atoms with Crippen LogP contribution in [0.2, 0.25) is 0 Å². The van der Waals surface area contributed by atoms with Crippen molar-refractivity contribution >= 4 is 17.3 Å². The first kappa shape index (κ1) is 14.4. The normalized spacial score (nSPS) is 12.3. The molecule has 0 aliphatic carbocycles. The second-order valence-electron chi connectivity index (χ2n) is 3.83. The van der Waals surface area contributed by atoms with Gasteiger partial charge in [-0.2, -0.15) is 0 Å². The molecule has 1 rings (SSSR count). The van der Waals surface area contributed by atoms with Gasteiger partial charge in [0.2, 0.25) is 5.91 Å². The summed E-state index contributed by atoms with van der Waals surface area (Å²) in [6.45, 7) is 1.34. The second-order valence-corrected chi connectivity index (χ2v) is 3.83. The van der Waals surface area contributed by atoms with Crippen molar-refractivity contribution < 1.29 is 18.3 Å². The third-order valence-electron chi connectivity index (χ3n) is 2.19. The average molecular weight is 258 g/mol. The van der Waals surface area contributed by atoms with Gasteiger partial charge in [0.15, 0.2) is 0 Å². The standard InChI is InChI=1S/C12H16F2N2O2/c1-8(12(13)14)15-9-4-3-5-10(6-9)16-11(17)7-18-2/h3-6,8,12,15H,7H2,1-2H3,(H,16,17). The van der Waals surface area contributed by atoms with Gasteiger partial charge in [0.05, 0.1) is 6.04 Å². The van der Waals surface area contributed by atoms with E-state index in [4.69, 9.17) is 0 Å². The van der Waals surface area contributed by atoms with E-state index in [2.05, 4.69) is 15.4 Å². The van der Waals surface area contributed by atoms with Crippen LogP contribution in [0.3, 0.4) is 0 Å². The van der Waals surface area contributed by atoms with E-state index in [-0.39, 0.29) is 12.5 Å². The zero-order valence-electron chi connectivity index (χ0n) is 10.2. The average Bonchev–Trinajstić information content (AvgIpc) is 2.29. The number of carbonyl (C=O) groups is 1. The smallest absolute Gasteiger partial charge is 0.258 e. The van der Waals surface area contributed by atoms with Crippen molar-refractivity contribution in [1.82, 2.24) is 0 Å². The molecule has 1 aromatic rings. The zero-order chi connectivity index (χ0) is 13.5. The summed E-state index contributed by atoms with van der Waals surface area (Å²) < 4.78 is 29.4. The van der Waals surface area contributed by atoms with E-state index in [0.717, 1.165) is 0 Å². The van der Waals surface area contributed by atoms with Crippen LogP contribution in [0.5, 0.6) is 0 Å². The van der Waals surface area contributed by atoms with E-state index >= 15 is 0 Å². The lowest BCUT2D eigenvalue weighted by molar-refractivity contribution is -0.119. The van der Waals surface area contributed by atoms with Crippen LogP contribution < -0.4 is 10.6 Å². The Morgan fingerprint density at radius 2 is 2.06 bits per heavy atom. The molecule has 0 saturated heterocycles. The summed E-state index contributed by atoms with van der Waals surface area (Å²) in [5.74, 6) is -0.295. The number of amides is 1. The largest absolute Gasteiger partial charge is 0.377 e. The summed E-state index contributed by atoms with van der Waals surface area (Å²) >= 11 is 0. The molecule has 1 unspecified atom stereocenters. The first-order valence-electron chi connectivity index (χ1n) is 5.46. The predicted octanol–water partition coefficient (Wildman–Crippen LogP) is 2.34. The van der Waals surface area contributed by atoms with E-state index in [1.807, 2.05) is 0 Å². The molecule has 0 aliphatic heterocycles. The fourth-order valence-electron chi connectivity index (χ4n) is 1.34. The number of halogens is 2. The number of hydrogen-bond acceptors (Lipinski definition) is 3. The lowest BCUT2D eigenvalue weighted by Crippen LogP contribution is -2.23. The van der Waals surface area contributed by atoms with Crippen LogP contribution in [0.25, 0.3) is 0 Å². The first-order chi connectivity index (χ1) is 8.52. The molecule has 0 aliphatic rings. The number of methoxy groups -OCH3 is 1. The van der Waals surface area contributed by atoms with Crippen LogP contribution in [0.4, 0.5) is 20.2 Å². The van der Waals surface area contributed by atoms with Crippen molar-refractivity contribution in [3.63, 3.8) is 0 Å². The van der Waals surface area contributed by atoms with Crippen molar-refractivity contribution in [3.05, 3.63) is 24.3 Å². The summed E-state index contributed by atoms with van der Waals surface area (Å²) in [5.41, 5.74) is 1.06. The minimum Gasteiger partial charge on any atom is -0.377 e. The lowest BCUT2D eigenvalue weighted by atomic mass is 10.2. The molecule has 1 aromatic carbocycles. The maximum atomic E-state index is 12.4. The minimum atomic E-state index is -2.45. The van der Waals surface area contributed by atoms with E-state index in [0.29, 0.717) is 11.4 Å². The maximum absolute atomic E-state index is 12.4. The summed E-state index contributed by atoms with van der Waals surface area (Å²) in [6, 6.07) is 5.64. The van der Waals surface area contributed by atoms with Gasteiger partial charge in [-0.15, -0.1) is 0 Å². The van der Waals surface area contributed by atoms with Crippen LogP contribution in [0.15, 0.2) is 24.3 Å². The number of hydrogen-bond donors (Lipinski definition) is 2. The molecule has 0 aromatic heterocycles. The number of benzene rings is 1. The number of rotatable bonds is 6. The first-order valence-corrected chi connectivity index (χ1v) is 5.46. The van der Waals surface area contributed by atoms with Crippen LogP contribution in [0.1, 0.15) is 6.92 Å². The fourth-order valence-corrected chi connectivity index (χ4v) is 1.34. The van der Waals surface area contributed by atoms with Gasteiger partial charge in [-0.1, -0.05) is 6.07 Å². The molecular formula is C12H16F2N2O2. The third-order valence-corrected chi connectivity index (χ3v) is 2.19. The summed E-state index contributed by atoms with van der Waals surface area (Å²) in [6.07, 6.45) is -2.45. The van der Waals surface area contributed by atoms with Crippen molar-refractivity contribution in [2.75, 3.05) is 24.4 Å². The van der Waals surface area contributed by atoms with Gasteiger partial charge in [-0.3, -0.25) is 4.79 Å². The highest BCUT2D eigenvalue weighted by Crippen LogP contribution is 2.17. The third kappa shape index (κ3) is 4.67. The van der Waals surface area contributed by atoms with Crippen molar-refractivity contribution in [1.29, 1.82) is 0 Å². The lowest BCUT2D eigenvalue weighted by Gasteiger charge is -2.15. The molecule has 18 heavy (non-hydrogen) atoms. The SMILES string of the molecule is COCC(=O)Nc1cccc(NC(C)C(F)F)c1. The van der Waals surface area contributed by atoms with Gasteiger partial charge in [-0.25, -0.2) is 8.78 Å². The molecule has 1 atom stereocenters. The Morgan fingerprint density at radius 3 is 2.67 bits per heavy atom. The molecule has 2 N–H and O–H groups in total. The quantitative estimate of drug-likeness (QED) is 0.823. The Labute approximate surface area is 104 Å². The van der Waals surface area contributed by atoms with Gasteiger partial charge in [-0.05, 0) is 25.1 Å². The Kier molecular flexibility index (Phi) is 5.51. The van der Waals surface area contributed by atoms with Crippen molar-refractivity contribution in [2.45, 2.75) is 19.4 Å². The number of nitrogens with one attached hydrogen (secondary N) is 2. The summed E-state index contributed by atoms with van der Waals surface area (Å²) in [5, 5.41) is 5.25. The van der Waals surface area contributed by atoms with Gasteiger partial charge < -0.3 is 15.4 Å². The van der Waals surface area contributed by atoms with Crippen LogP contribution >= 0.6 is 0 Å². The van der Waals surface area contributed by atoms with Crippen molar-refractivity contribution in [2.24, 2.45) is 0 Å². The van der Waals surface area contributed by atoms with E-state index < -0.39 is 12.5 Å². The fraction of sp³-hybridized carbons (Fsp3) is 0.417. The number of carbonyl (C=O) groups excluding carboxylic acids is 1. The number of alkyl halides is 2. The van der Waals surface area contributed by atoms with Gasteiger partial charge >= 0.3 is 0 Å². The summed E-state index contributed by atoms with van der Waals surface area (Å²) in [7, 11) is 1.42. The molecule has 0 fully saturated rings. The van der Waals surface area contributed by atoms with E-state index in [1.54, 1.807) is 24.3 Å². The van der Waals surface area contributed by atoms with Gasteiger partial charge in [0.25, 0.3) is 6.43 Å². The van der Waals surface area contributed by atoms with Crippen LogP contribution in [0, 0.1) is 0 Å². The summed E-state index contributed by atoms with van der Waals surface area (Å²) in [4.78, 5) is 11.3. The number of ether oxygens (including phenoxy) is 1. The van der Waals surface area contributed by atoms with E-state index in [1.165, 1.54) is 14.0 Å². The molecular weight excluding hydrogens is 242 g/mol. The predicted molar refractivity (Wildman–Crippen MR) is 66.0 cm³/mol. The molecule has 0 saturated carbocycles. The molecule has 0 heterocycles. The highest BCUT2D eigenvalue weighted by molar-refractivity contribution is 5.92. The molecule has 4 nitrogen and oxygen atoms in total. The Morgan fingerprint density at radius 1 is 1.39 bits per heavy atom. The number of anilines is 2. The molecule has 6 heteroatoms. The molecule has 1 amide bonds. The minimum absolute atomic E-state index is 0.0505. The highest BCUT2D eigenvalue weighted by atomic mass is 19.3. The highest BCUT2D eigenvalue weighted by Gasteiger charge is 2.13. The maximum Gasteiger partial charge on any atom is 0.258 e. The van der Waals surface area contributed by atoms with Gasteiger partial charge in [0, 0.05) is 18.5 Å².